The fraction of sp³-hybridized carbons (Fsp3) is 0.450. The Morgan fingerprint density at radius 1 is 1.24 bits per heavy atom. The summed E-state index contributed by atoms with van der Waals surface area (Å²) in [6.07, 6.45) is 2.88. The highest BCUT2D eigenvalue weighted by molar-refractivity contribution is 5.81. The number of hydrogen-bond donors (Lipinski definition) is 0. The largest absolute Gasteiger partial charge is 0.481 e. The second-order valence-electron chi connectivity index (χ2n) is 6.88. The number of hydrogen-bond acceptors (Lipinski definition) is 4. The summed E-state index contributed by atoms with van der Waals surface area (Å²) in [7, 11) is 0. The van der Waals surface area contributed by atoms with Crippen LogP contribution in [-0.2, 0) is 24.3 Å². The van der Waals surface area contributed by atoms with E-state index in [1.165, 1.54) is 0 Å². The van der Waals surface area contributed by atoms with Crippen molar-refractivity contribution >= 4 is 5.91 Å². The third-order valence-electron chi connectivity index (χ3n) is 4.28. The van der Waals surface area contributed by atoms with E-state index < -0.39 is 6.10 Å². The van der Waals surface area contributed by atoms with Crippen molar-refractivity contribution in [3.8, 4) is 5.75 Å². The lowest BCUT2D eigenvalue weighted by Crippen LogP contribution is -2.38. The van der Waals surface area contributed by atoms with E-state index in [2.05, 4.69) is 23.8 Å². The highest BCUT2D eigenvalue weighted by Crippen LogP contribution is 2.23. The third kappa shape index (κ3) is 4.16. The van der Waals surface area contributed by atoms with Gasteiger partial charge in [-0.3, -0.25) is 4.79 Å². The van der Waals surface area contributed by atoms with Crippen LogP contribution in [0, 0.1) is 5.92 Å². The zero-order valence-electron chi connectivity index (χ0n) is 15.1. The first-order valence-electron chi connectivity index (χ1n) is 8.91. The van der Waals surface area contributed by atoms with Crippen molar-refractivity contribution in [3.05, 3.63) is 53.6 Å². The molecular formula is C20H25N3O2. The molecular weight excluding hydrogens is 314 g/mol. The third-order valence-corrected chi connectivity index (χ3v) is 4.28. The first-order chi connectivity index (χ1) is 12.1. The van der Waals surface area contributed by atoms with E-state index in [4.69, 9.17) is 4.74 Å². The average Bonchev–Trinajstić information content (AvgIpc) is 3.02. The number of benzene rings is 1. The minimum Gasteiger partial charge on any atom is -0.481 e. The predicted molar refractivity (Wildman–Crippen MR) is 96.0 cm³/mol. The molecule has 5 heteroatoms. The smallest absolute Gasteiger partial charge is 0.264 e. The van der Waals surface area contributed by atoms with Gasteiger partial charge in [0.15, 0.2) is 6.10 Å². The van der Waals surface area contributed by atoms with Crippen LogP contribution in [0.25, 0.3) is 0 Å². The standard InChI is InChI=1S/C20H25N3O2/c1-4-18(25-16-8-6-5-7-9-16)20(24)23-12-15-11-21-19(10-14(2)3)22-17(15)13-23/h5-9,11,14,18H,4,10,12-13H2,1-3H3. The highest BCUT2D eigenvalue weighted by Gasteiger charge is 2.30. The van der Waals surface area contributed by atoms with Gasteiger partial charge in [0.25, 0.3) is 5.91 Å². The summed E-state index contributed by atoms with van der Waals surface area (Å²) >= 11 is 0. The summed E-state index contributed by atoms with van der Waals surface area (Å²) in [6, 6.07) is 9.49. The molecule has 0 saturated heterocycles. The van der Waals surface area contributed by atoms with Gasteiger partial charge in [0.2, 0.25) is 0 Å². The Bertz CT molecular complexity index is 731. The van der Waals surface area contributed by atoms with Gasteiger partial charge in [-0.25, -0.2) is 9.97 Å². The van der Waals surface area contributed by atoms with Gasteiger partial charge >= 0.3 is 0 Å². The van der Waals surface area contributed by atoms with Crippen molar-refractivity contribution in [1.82, 2.24) is 14.9 Å². The van der Waals surface area contributed by atoms with E-state index in [1.807, 2.05) is 48.4 Å². The zero-order chi connectivity index (χ0) is 17.8. The second-order valence-corrected chi connectivity index (χ2v) is 6.88. The van der Waals surface area contributed by atoms with E-state index in [-0.39, 0.29) is 5.91 Å². The average molecular weight is 339 g/mol. The van der Waals surface area contributed by atoms with E-state index >= 15 is 0 Å². The number of carbonyl (C=O) groups is 1. The topological polar surface area (TPSA) is 55.3 Å². The van der Waals surface area contributed by atoms with Gasteiger partial charge in [-0.15, -0.1) is 0 Å². The summed E-state index contributed by atoms with van der Waals surface area (Å²) in [5, 5.41) is 0. The Balaban J connectivity index is 1.68. The fourth-order valence-corrected chi connectivity index (χ4v) is 2.99. The van der Waals surface area contributed by atoms with Crippen LogP contribution in [0.3, 0.4) is 0 Å². The minimum atomic E-state index is -0.472. The van der Waals surface area contributed by atoms with Gasteiger partial charge < -0.3 is 9.64 Å². The minimum absolute atomic E-state index is 0.00904. The number of ether oxygens (including phenoxy) is 1. The van der Waals surface area contributed by atoms with Crippen LogP contribution in [0.2, 0.25) is 0 Å². The number of carbonyl (C=O) groups excluding carboxylic acids is 1. The molecule has 1 amide bonds. The van der Waals surface area contributed by atoms with E-state index in [0.29, 0.717) is 25.4 Å². The SMILES string of the molecule is CCC(Oc1ccccc1)C(=O)N1Cc2cnc(CC(C)C)nc2C1. The van der Waals surface area contributed by atoms with Gasteiger partial charge in [0, 0.05) is 24.7 Å². The summed E-state index contributed by atoms with van der Waals surface area (Å²) in [5.41, 5.74) is 2.00. The molecule has 0 N–H and O–H groups in total. The van der Waals surface area contributed by atoms with E-state index in [1.54, 1.807) is 0 Å². The molecule has 1 aliphatic rings. The number of para-hydroxylation sites is 1. The quantitative estimate of drug-likeness (QED) is 0.810. The maximum absolute atomic E-state index is 12.9. The monoisotopic (exact) mass is 339 g/mol. The van der Waals surface area contributed by atoms with Crippen LogP contribution in [0.15, 0.2) is 36.5 Å². The molecule has 25 heavy (non-hydrogen) atoms. The summed E-state index contributed by atoms with van der Waals surface area (Å²) < 4.78 is 5.89. The van der Waals surface area contributed by atoms with Crippen molar-refractivity contribution in [2.75, 3.05) is 0 Å². The molecule has 1 aromatic heterocycles. The molecule has 2 heterocycles. The van der Waals surface area contributed by atoms with Crippen LogP contribution in [0.4, 0.5) is 0 Å². The van der Waals surface area contributed by atoms with Crippen LogP contribution < -0.4 is 4.74 Å². The lowest BCUT2D eigenvalue weighted by atomic mass is 10.1. The molecule has 0 bridgehead atoms. The van der Waals surface area contributed by atoms with Crippen LogP contribution >= 0.6 is 0 Å². The van der Waals surface area contributed by atoms with Gasteiger partial charge in [-0.1, -0.05) is 39.0 Å². The lowest BCUT2D eigenvalue weighted by Gasteiger charge is -2.23. The lowest BCUT2D eigenvalue weighted by molar-refractivity contribution is -0.139. The van der Waals surface area contributed by atoms with Crippen LogP contribution in [0.1, 0.15) is 44.3 Å². The molecule has 1 aromatic carbocycles. The maximum Gasteiger partial charge on any atom is 0.264 e. The maximum atomic E-state index is 12.9. The molecule has 132 valence electrons. The zero-order valence-corrected chi connectivity index (χ0v) is 15.1. The summed E-state index contributed by atoms with van der Waals surface area (Å²) in [5.74, 6) is 2.10. The second kappa shape index (κ2) is 7.64. The number of aromatic nitrogens is 2. The Morgan fingerprint density at radius 2 is 2.00 bits per heavy atom. The number of nitrogens with zero attached hydrogens (tertiary/aromatic N) is 3. The van der Waals surface area contributed by atoms with Crippen molar-refractivity contribution in [2.45, 2.75) is 52.8 Å². The predicted octanol–water partition coefficient (Wildman–Crippen LogP) is 3.37. The van der Waals surface area contributed by atoms with Crippen molar-refractivity contribution in [3.63, 3.8) is 0 Å². The molecule has 0 spiro atoms. The molecule has 1 atom stereocenters. The number of fused-ring (bicyclic) bond motifs is 1. The Labute approximate surface area is 149 Å². The van der Waals surface area contributed by atoms with E-state index in [0.717, 1.165) is 29.3 Å². The fourth-order valence-electron chi connectivity index (χ4n) is 2.99. The number of rotatable bonds is 6. The van der Waals surface area contributed by atoms with Gasteiger partial charge in [-0.2, -0.15) is 0 Å². The van der Waals surface area contributed by atoms with Gasteiger partial charge in [0.1, 0.15) is 11.6 Å². The first kappa shape index (κ1) is 17.4. The normalized spacial score (nSPS) is 14.5. The van der Waals surface area contributed by atoms with Crippen molar-refractivity contribution in [2.24, 2.45) is 5.92 Å². The summed E-state index contributed by atoms with van der Waals surface area (Å²) in [4.78, 5) is 23.8. The number of amides is 1. The van der Waals surface area contributed by atoms with Gasteiger partial charge in [0.05, 0.1) is 12.2 Å². The van der Waals surface area contributed by atoms with Crippen molar-refractivity contribution < 1.29 is 9.53 Å². The van der Waals surface area contributed by atoms with Crippen LogP contribution in [-0.4, -0.2) is 26.9 Å². The molecule has 0 saturated carbocycles. The van der Waals surface area contributed by atoms with E-state index in [9.17, 15) is 4.79 Å². The molecule has 2 aromatic rings. The summed E-state index contributed by atoms with van der Waals surface area (Å²) in [6.45, 7) is 7.37. The molecule has 5 nitrogen and oxygen atoms in total. The van der Waals surface area contributed by atoms with Gasteiger partial charge in [-0.05, 0) is 24.5 Å². The highest BCUT2D eigenvalue weighted by atomic mass is 16.5. The molecule has 3 rings (SSSR count). The molecule has 0 fully saturated rings. The van der Waals surface area contributed by atoms with Crippen molar-refractivity contribution in [1.29, 1.82) is 0 Å². The molecule has 1 aliphatic heterocycles. The molecule has 1 unspecified atom stereocenters. The molecule has 0 aliphatic carbocycles. The Morgan fingerprint density at radius 3 is 2.68 bits per heavy atom. The first-order valence-corrected chi connectivity index (χ1v) is 8.91. The Hall–Kier alpha value is -2.43. The molecule has 0 radical (unpaired) electrons. The Kier molecular flexibility index (Phi) is 5.31. The van der Waals surface area contributed by atoms with Crippen LogP contribution in [0.5, 0.6) is 5.75 Å².